The number of hydrogen-bond acceptors (Lipinski definition) is 6. The molecule has 3 aromatic rings. The van der Waals surface area contributed by atoms with Crippen molar-refractivity contribution in [2.75, 3.05) is 17.4 Å². The van der Waals surface area contributed by atoms with E-state index in [2.05, 4.69) is 20.6 Å². The molecule has 0 atom stereocenters. The van der Waals surface area contributed by atoms with Gasteiger partial charge in [-0.3, -0.25) is 4.79 Å². The van der Waals surface area contributed by atoms with E-state index in [0.717, 1.165) is 11.3 Å². The molecule has 0 unspecified atom stereocenters. The molecule has 0 saturated heterocycles. The standard InChI is InChI=1S/C20H17ClN4O3/c1-11-7-13(21)3-5-15(11)25-19-9-16(22-12(2)23-19)20(26)24-14-4-6-17-18(8-14)28-10-27-17/h3-9H,10H2,1-2H3,(H,24,26)(H,22,23,25). The number of aromatic nitrogens is 2. The van der Waals surface area contributed by atoms with E-state index in [9.17, 15) is 4.79 Å². The zero-order chi connectivity index (χ0) is 19.7. The number of amides is 1. The number of fused-ring (bicyclic) bond motifs is 1. The summed E-state index contributed by atoms with van der Waals surface area (Å²) in [6.45, 7) is 3.85. The van der Waals surface area contributed by atoms with Crippen molar-refractivity contribution >= 4 is 34.7 Å². The molecule has 7 nitrogen and oxygen atoms in total. The van der Waals surface area contributed by atoms with E-state index in [0.29, 0.717) is 33.9 Å². The Bertz CT molecular complexity index is 1070. The third kappa shape index (κ3) is 3.84. The van der Waals surface area contributed by atoms with Gasteiger partial charge >= 0.3 is 0 Å². The van der Waals surface area contributed by atoms with Crippen molar-refractivity contribution in [1.82, 2.24) is 9.97 Å². The molecule has 1 aliphatic rings. The van der Waals surface area contributed by atoms with E-state index in [1.807, 2.05) is 19.1 Å². The normalized spacial score (nSPS) is 12.0. The van der Waals surface area contributed by atoms with E-state index in [1.54, 1.807) is 37.3 Å². The Morgan fingerprint density at radius 3 is 2.68 bits per heavy atom. The van der Waals surface area contributed by atoms with Crippen molar-refractivity contribution in [2.24, 2.45) is 0 Å². The molecular weight excluding hydrogens is 380 g/mol. The average molecular weight is 397 g/mol. The van der Waals surface area contributed by atoms with Crippen molar-refractivity contribution < 1.29 is 14.3 Å². The van der Waals surface area contributed by atoms with Crippen LogP contribution in [0.2, 0.25) is 5.02 Å². The summed E-state index contributed by atoms with van der Waals surface area (Å²) in [7, 11) is 0. The third-order valence-electron chi connectivity index (χ3n) is 4.15. The largest absolute Gasteiger partial charge is 0.454 e. The third-order valence-corrected chi connectivity index (χ3v) is 4.39. The maximum absolute atomic E-state index is 12.7. The molecule has 28 heavy (non-hydrogen) atoms. The number of carbonyl (C=O) groups is 1. The zero-order valence-electron chi connectivity index (χ0n) is 15.2. The Balaban J connectivity index is 1.55. The molecule has 4 rings (SSSR count). The first-order valence-electron chi connectivity index (χ1n) is 8.58. The lowest BCUT2D eigenvalue weighted by Gasteiger charge is -2.11. The predicted octanol–water partition coefficient (Wildman–Crippen LogP) is 4.47. The lowest BCUT2D eigenvalue weighted by molar-refractivity contribution is 0.102. The van der Waals surface area contributed by atoms with Crippen LogP contribution in [-0.2, 0) is 0 Å². The molecule has 142 valence electrons. The highest BCUT2D eigenvalue weighted by atomic mass is 35.5. The fourth-order valence-corrected chi connectivity index (χ4v) is 3.05. The fourth-order valence-electron chi connectivity index (χ4n) is 2.82. The maximum Gasteiger partial charge on any atom is 0.274 e. The van der Waals surface area contributed by atoms with Gasteiger partial charge < -0.3 is 20.1 Å². The summed E-state index contributed by atoms with van der Waals surface area (Å²) in [6.07, 6.45) is 0. The second kappa shape index (κ2) is 7.36. The Hall–Kier alpha value is -3.32. The number of aryl methyl sites for hydroxylation is 2. The predicted molar refractivity (Wildman–Crippen MR) is 107 cm³/mol. The van der Waals surface area contributed by atoms with Crippen LogP contribution in [0.5, 0.6) is 11.5 Å². The molecule has 0 fully saturated rings. The summed E-state index contributed by atoms with van der Waals surface area (Å²) in [4.78, 5) is 21.3. The van der Waals surface area contributed by atoms with Gasteiger partial charge in [0, 0.05) is 28.5 Å². The summed E-state index contributed by atoms with van der Waals surface area (Å²) in [5.74, 6) is 1.90. The average Bonchev–Trinajstić information content (AvgIpc) is 3.11. The molecule has 1 aliphatic heterocycles. The minimum atomic E-state index is -0.347. The van der Waals surface area contributed by atoms with Gasteiger partial charge in [-0.25, -0.2) is 9.97 Å². The first-order valence-corrected chi connectivity index (χ1v) is 8.95. The molecule has 2 heterocycles. The molecule has 2 aromatic carbocycles. The van der Waals surface area contributed by atoms with E-state index >= 15 is 0 Å². The first-order chi connectivity index (χ1) is 13.5. The van der Waals surface area contributed by atoms with Gasteiger partial charge in [-0.2, -0.15) is 0 Å². The number of nitrogens with one attached hydrogen (secondary N) is 2. The lowest BCUT2D eigenvalue weighted by atomic mass is 10.2. The van der Waals surface area contributed by atoms with Crippen LogP contribution in [0.25, 0.3) is 0 Å². The summed E-state index contributed by atoms with van der Waals surface area (Å²) in [5, 5.41) is 6.68. The Morgan fingerprint density at radius 2 is 1.86 bits per heavy atom. The van der Waals surface area contributed by atoms with Crippen LogP contribution in [0.15, 0.2) is 42.5 Å². The highest BCUT2D eigenvalue weighted by molar-refractivity contribution is 6.30. The van der Waals surface area contributed by atoms with Crippen LogP contribution in [0.3, 0.4) is 0 Å². The minimum absolute atomic E-state index is 0.178. The summed E-state index contributed by atoms with van der Waals surface area (Å²) >= 11 is 6.00. The van der Waals surface area contributed by atoms with Crippen LogP contribution >= 0.6 is 11.6 Å². The van der Waals surface area contributed by atoms with Gasteiger partial charge in [-0.05, 0) is 49.7 Å². The van der Waals surface area contributed by atoms with E-state index < -0.39 is 0 Å². The van der Waals surface area contributed by atoms with Crippen LogP contribution in [0.4, 0.5) is 17.2 Å². The van der Waals surface area contributed by atoms with E-state index in [1.165, 1.54) is 0 Å². The monoisotopic (exact) mass is 396 g/mol. The van der Waals surface area contributed by atoms with Crippen LogP contribution in [-0.4, -0.2) is 22.7 Å². The van der Waals surface area contributed by atoms with Crippen LogP contribution < -0.4 is 20.1 Å². The first kappa shape index (κ1) is 18.1. The highest BCUT2D eigenvalue weighted by Gasteiger charge is 2.16. The lowest BCUT2D eigenvalue weighted by Crippen LogP contribution is -2.15. The molecular formula is C20H17ClN4O3. The Morgan fingerprint density at radius 1 is 1.04 bits per heavy atom. The highest BCUT2D eigenvalue weighted by Crippen LogP contribution is 2.34. The number of anilines is 3. The minimum Gasteiger partial charge on any atom is -0.454 e. The SMILES string of the molecule is Cc1nc(Nc2ccc(Cl)cc2C)cc(C(=O)Nc2ccc3c(c2)OCO3)n1. The van der Waals surface area contributed by atoms with Crippen molar-refractivity contribution in [1.29, 1.82) is 0 Å². The number of ether oxygens (including phenoxy) is 2. The van der Waals surface area contributed by atoms with Crippen molar-refractivity contribution in [3.05, 3.63) is 64.6 Å². The number of nitrogens with zero attached hydrogens (tertiary/aromatic N) is 2. The van der Waals surface area contributed by atoms with Gasteiger partial charge in [0.2, 0.25) is 6.79 Å². The Labute approximate surface area is 166 Å². The number of hydrogen-bond donors (Lipinski definition) is 2. The molecule has 8 heteroatoms. The summed E-state index contributed by atoms with van der Waals surface area (Å²) < 4.78 is 10.6. The molecule has 0 aliphatic carbocycles. The van der Waals surface area contributed by atoms with Crippen molar-refractivity contribution in [3.63, 3.8) is 0 Å². The molecule has 0 radical (unpaired) electrons. The molecule has 1 amide bonds. The van der Waals surface area contributed by atoms with Gasteiger partial charge in [0.25, 0.3) is 5.91 Å². The molecule has 1 aromatic heterocycles. The smallest absolute Gasteiger partial charge is 0.274 e. The van der Waals surface area contributed by atoms with Gasteiger partial charge in [-0.15, -0.1) is 0 Å². The maximum atomic E-state index is 12.7. The van der Waals surface area contributed by atoms with Gasteiger partial charge in [0.05, 0.1) is 0 Å². The Kier molecular flexibility index (Phi) is 4.75. The fraction of sp³-hybridized carbons (Fsp3) is 0.150. The number of halogens is 1. The second-order valence-corrected chi connectivity index (χ2v) is 6.73. The van der Waals surface area contributed by atoms with Crippen molar-refractivity contribution in [3.8, 4) is 11.5 Å². The van der Waals surface area contributed by atoms with Crippen LogP contribution in [0.1, 0.15) is 21.9 Å². The second-order valence-electron chi connectivity index (χ2n) is 6.29. The number of benzene rings is 2. The van der Waals surface area contributed by atoms with E-state index in [4.69, 9.17) is 21.1 Å². The van der Waals surface area contributed by atoms with Gasteiger partial charge in [0.15, 0.2) is 11.5 Å². The van der Waals surface area contributed by atoms with Crippen molar-refractivity contribution in [2.45, 2.75) is 13.8 Å². The van der Waals surface area contributed by atoms with E-state index in [-0.39, 0.29) is 18.4 Å². The number of rotatable bonds is 4. The summed E-state index contributed by atoms with van der Waals surface area (Å²) in [5.41, 5.74) is 2.66. The van der Waals surface area contributed by atoms with Gasteiger partial charge in [-0.1, -0.05) is 11.6 Å². The molecule has 2 N–H and O–H groups in total. The number of carbonyl (C=O) groups excluding carboxylic acids is 1. The van der Waals surface area contributed by atoms with Crippen LogP contribution in [0, 0.1) is 13.8 Å². The molecule has 0 spiro atoms. The van der Waals surface area contributed by atoms with Gasteiger partial charge in [0.1, 0.15) is 17.3 Å². The topological polar surface area (TPSA) is 85.4 Å². The zero-order valence-corrected chi connectivity index (χ0v) is 16.0. The molecule has 0 saturated carbocycles. The quantitative estimate of drug-likeness (QED) is 0.676. The molecule has 0 bridgehead atoms. The summed E-state index contributed by atoms with van der Waals surface area (Å²) in [6, 6.07) is 12.3.